The monoisotopic (exact) mass is 417 g/mol. The topological polar surface area (TPSA) is 62.7 Å². The Labute approximate surface area is 182 Å². The van der Waals surface area contributed by atoms with Gasteiger partial charge in [0.2, 0.25) is 0 Å². The number of hydrogen-bond donors (Lipinski definition) is 0. The second-order valence-electron chi connectivity index (χ2n) is 8.79. The van der Waals surface area contributed by atoms with Crippen molar-refractivity contribution in [2.45, 2.75) is 32.4 Å². The number of fused-ring (bicyclic) bond motifs is 1. The number of pyridine rings is 1. The molecule has 1 fully saturated rings. The van der Waals surface area contributed by atoms with E-state index in [4.69, 9.17) is 4.74 Å². The van der Waals surface area contributed by atoms with Gasteiger partial charge in [0, 0.05) is 43.0 Å². The molecule has 1 aliphatic heterocycles. The second kappa shape index (κ2) is 8.38. The number of amides is 2. The quantitative estimate of drug-likeness (QED) is 0.608. The highest BCUT2D eigenvalue weighted by molar-refractivity contribution is 5.98. The Bertz CT molecular complexity index is 1090. The van der Waals surface area contributed by atoms with E-state index < -0.39 is 5.60 Å². The Balaban J connectivity index is 1.62. The van der Waals surface area contributed by atoms with E-state index in [1.165, 1.54) is 0 Å². The van der Waals surface area contributed by atoms with Crippen LogP contribution in [-0.2, 0) is 4.74 Å². The summed E-state index contributed by atoms with van der Waals surface area (Å²) in [6.07, 6.45) is 3.16. The summed E-state index contributed by atoms with van der Waals surface area (Å²) < 4.78 is 5.57. The molecule has 160 valence electrons. The smallest absolute Gasteiger partial charge is 0.410 e. The minimum atomic E-state index is -0.563. The lowest BCUT2D eigenvalue weighted by atomic mass is 10.0. The lowest BCUT2D eigenvalue weighted by Gasteiger charge is -2.42. The SMILES string of the molecule is CC(C)(C)OC(=O)N1CCN(C(=O)c2ccc3cnccc3c2)[C@@H](c2ccccc2)C1. The number of piperazine rings is 1. The van der Waals surface area contributed by atoms with Crippen LogP contribution in [0.4, 0.5) is 4.79 Å². The van der Waals surface area contributed by atoms with Gasteiger partial charge in [-0.1, -0.05) is 36.4 Å². The van der Waals surface area contributed by atoms with Crippen LogP contribution in [0.15, 0.2) is 67.0 Å². The Morgan fingerprint density at radius 3 is 2.52 bits per heavy atom. The van der Waals surface area contributed by atoms with Crippen molar-refractivity contribution in [1.82, 2.24) is 14.8 Å². The molecule has 4 rings (SSSR count). The summed E-state index contributed by atoms with van der Waals surface area (Å²) in [6.45, 7) is 6.83. The molecule has 2 aromatic carbocycles. The molecule has 0 N–H and O–H groups in total. The van der Waals surface area contributed by atoms with Crippen molar-refractivity contribution >= 4 is 22.8 Å². The molecule has 0 radical (unpaired) electrons. The summed E-state index contributed by atoms with van der Waals surface area (Å²) in [4.78, 5) is 33.9. The highest BCUT2D eigenvalue weighted by Crippen LogP contribution is 2.29. The molecule has 0 bridgehead atoms. The predicted octanol–water partition coefficient (Wildman–Crippen LogP) is 4.67. The second-order valence-corrected chi connectivity index (χ2v) is 8.79. The number of benzene rings is 2. The van der Waals surface area contributed by atoms with Crippen LogP contribution in [0.1, 0.15) is 42.7 Å². The first-order chi connectivity index (χ1) is 14.8. The Morgan fingerprint density at radius 1 is 1.00 bits per heavy atom. The van der Waals surface area contributed by atoms with Crippen molar-refractivity contribution in [3.63, 3.8) is 0 Å². The molecule has 31 heavy (non-hydrogen) atoms. The largest absolute Gasteiger partial charge is 0.444 e. The molecule has 2 heterocycles. The highest BCUT2D eigenvalue weighted by Gasteiger charge is 2.35. The van der Waals surface area contributed by atoms with Crippen LogP contribution in [0.5, 0.6) is 0 Å². The summed E-state index contributed by atoms with van der Waals surface area (Å²) in [7, 11) is 0. The van der Waals surface area contributed by atoms with Gasteiger partial charge in [-0.3, -0.25) is 9.78 Å². The Morgan fingerprint density at radius 2 is 1.77 bits per heavy atom. The molecule has 1 aliphatic rings. The van der Waals surface area contributed by atoms with Crippen molar-refractivity contribution in [2.24, 2.45) is 0 Å². The van der Waals surface area contributed by atoms with Crippen LogP contribution in [0, 0.1) is 0 Å². The molecule has 1 atom stereocenters. The zero-order valence-corrected chi connectivity index (χ0v) is 18.1. The van der Waals surface area contributed by atoms with E-state index in [-0.39, 0.29) is 18.0 Å². The van der Waals surface area contributed by atoms with Gasteiger partial charge < -0.3 is 14.5 Å². The standard InChI is InChI=1S/C25H27N3O3/c1-25(2,3)31-24(30)27-13-14-28(22(17-27)18-7-5-4-6-8-18)23(29)20-9-10-21-16-26-12-11-19(21)15-20/h4-12,15-16,22H,13-14,17H2,1-3H3/t22-/m1/s1. The average molecular weight is 418 g/mol. The van der Waals surface area contributed by atoms with Gasteiger partial charge in [0.05, 0.1) is 6.04 Å². The molecule has 3 aromatic rings. The Hall–Kier alpha value is -3.41. The maximum atomic E-state index is 13.5. The molecule has 2 amide bonds. The minimum absolute atomic E-state index is 0.0450. The van der Waals surface area contributed by atoms with E-state index in [1.807, 2.05) is 80.3 Å². The third-order valence-electron chi connectivity index (χ3n) is 5.36. The number of rotatable bonds is 2. The average Bonchev–Trinajstić information content (AvgIpc) is 2.77. The molecule has 0 saturated carbocycles. The summed E-state index contributed by atoms with van der Waals surface area (Å²) >= 11 is 0. The summed E-state index contributed by atoms with van der Waals surface area (Å²) in [5, 5.41) is 1.97. The number of aromatic nitrogens is 1. The van der Waals surface area contributed by atoms with Crippen molar-refractivity contribution in [1.29, 1.82) is 0 Å². The predicted molar refractivity (Wildman–Crippen MR) is 120 cm³/mol. The van der Waals surface area contributed by atoms with E-state index in [0.717, 1.165) is 16.3 Å². The first-order valence-electron chi connectivity index (χ1n) is 10.5. The van der Waals surface area contributed by atoms with Gasteiger partial charge in [-0.25, -0.2) is 4.79 Å². The lowest BCUT2D eigenvalue weighted by molar-refractivity contribution is 0.00409. The maximum absolute atomic E-state index is 13.5. The molecule has 6 nitrogen and oxygen atoms in total. The van der Waals surface area contributed by atoms with Gasteiger partial charge >= 0.3 is 6.09 Å². The van der Waals surface area contributed by atoms with E-state index in [0.29, 0.717) is 25.2 Å². The van der Waals surface area contributed by atoms with Crippen molar-refractivity contribution in [2.75, 3.05) is 19.6 Å². The molecular weight excluding hydrogens is 390 g/mol. The van der Waals surface area contributed by atoms with Crippen molar-refractivity contribution in [3.8, 4) is 0 Å². The van der Waals surface area contributed by atoms with E-state index in [9.17, 15) is 9.59 Å². The fourth-order valence-corrected chi connectivity index (χ4v) is 3.86. The number of ether oxygens (including phenoxy) is 1. The number of carbonyl (C=O) groups excluding carboxylic acids is 2. The van der Waals surface area contributed by atoms with Crippen LogP contribution < -0.4 is 0 Å². The number of nitrogens with zero attached hydrogens (tertiary/aromatic N) is 3. The van der Waals surface area contributed by atoms with Gasteiger partial charge in [0.15, 0.2) is 0 Å². The summed E-state index contributed by atoms with van der Waals surface area (Å²) in [6, 6.07) is 17.2. The van der Waals surface area contributed by atoms with Gasteiger partial charge in [-0.2, -0.15) is 0 Å². The summed E-state index contributed by atoms with van der Waals surface area (Å²) in [5.74, 6) is -0.0450. The Kier molecular flexibility index (Phi) is 5.63. The number of carbonyl (C=O) groups is 2. The van der Waals surface area contributed by atoms with E-state index in [1.54, 1.807) is 17.3 Å². The molecule has 6 heteroatoms. The van der Waals surface area contributed by atoms with Gasteiger partial charge in [0.25, 0.3) is 5.91 Å². The lowest BCUT2D eigenvalue weighted by Crippen LogP contribution is -2.53. The van der Waals surface area contributed by atoms with Crippen LogP contribution in [0.3, 0.4) is 0 Å². The van der Waals surface area contributed by atoms with Gasteiger partial charge in [-0.15, -0.1) is 0 Å². The molecule has 0 spiro atoms. The molecule has 1 aromatic heterocycles. The van der Waals surface area contributed by atoms with Crippen molar-refractivity contribution < 1.29 is 14.3 Å². The maximum Gasteiger partial charge on any atom is 0.410 e. The zero-order valence-electron chi connectivity index (χ0n) is 18.1. The highest BCUT2D eigenvalue weighted by atomic mass is 16.6. The van der Waals surface area contributed by atoms with Crippen LogP contribution in [0.2, 0.25) is 0 Å². The van der Waals surface area contributed by atoms with Gasteiger partial charge in [0.1, 0.15) is 5.60 Å². The van der Waals surface area contributed by atoms with E-state index in [2.05, 4.69) is 4.98 Å². The minimum Gasteiger partial charge on any atom is -0.444 e. The fraction of sp³-hybridized carbons (Fsp3) is 0.320. The van der Waals surface area contributed by atoms with Crippen molar-refractivity contribution in [3.05, 3.63) is 78.1 Å². The van der Waals surface area contributed by atoms with Gasteiger partial charge in [-0.05, 0) is 49.9 Å². The molecular formula is C25H27N3O3. The third kappa shape index (κ3) is 4.68. The van der Waals surface area contributed by atoms with E-state index >= 15 is 0 Å². The molecule has 1 saturated heterocycles. The molecule has 0 aliphatic carbocycles. The molecule has 0 unspecified atom stereocenters. The first-order valence-corrected chi connectivity index (χ1v) is 10.5. The van der Waals surface area contributed by atoms with Crippen LogP contribution in [0.25, 0.3) is 10.8 Å². The van der Waals surface area contributed by atoms with Crippen LogP contribution >= 0.6 is 0 Å². The summed E-state index contributed by atoms with van der Waals surface area (Å²) in [5.41, 5.74) is 1.06. The zero-order chi connectivity index (χ0) is 22.0. The normalized spacial score (nSPS) is 16.9. The first kappa shape index (κ1) is 20.8. The fourth-order valence-electron chi connectivity index (χ4n) is 3.86. The number of hydrogen-bond acceptors (Lipinski definition) is 4. The van der Waals surface area contributed by atoms with Crippen LogP contribution in [-0.4, -0.2) is 52.0 Å². The third-order valence-corrected chi connectivity index (χ3v) is 5.36.